The van der Waals surface area contributed by atoms with Crippen molar-refractivity contribution >= 4 is 23.2 Å². The average molecular weight is 622 g/mol. The summed E-state index contributed by atoms with van der Waals surface area (Å²) in [6, 6.07) is 24.3. The van der Waals surface area contributed by atoms with Gasteiger partial charge in [-0.15, -0.1) is 11.3 Å². The van der Waals surface area contributed by atoms with Gasteiger partial charge in [0.05, 0.1) is 23.8 Å². The number of carbonyl (C=O) groups is 2. The molecule has 1 aliphatic heterocycles. The first-order chi connectivity index (χ1) is 21.2. The number of aliphatic hydroxyl groups is 1. The molecule has 0 bridgehead atoms. The third kappa shape index (κ3) is 7.93. The number of amides is 2. The summed E-state index contributed by atoms with van der Waals surface area (Å²) in [4.78, 5) is 30.0. The second kappa shape index (κ2) is 14.2. The fourth-order valence-corrected chi connectivity index (χ4v) is 6.39. The van der Waals surface area contributed by atoms with Crippen LogP contribution in [-0.4, -0.2) is 47.1 Å². The number of nitrogens with zero attached hydrogens (tertiary/aromatic N) is 1. The lowest BCUT2D eigenvalue weighted by Gasteiger charge is -2.26. The summed E-state index contributed by atoms with van der Waals surface area (Å²) in [6.45, 7) is 0.794. The first-order valence-corrected chi connectivity index (χ1v) is 15.4. The van der Waals surface area contributed by atoms with E-state index >= 15 is 0 Å². The van der Waals surface area contributed by atoms with Gasteiger partial charge >= 0.3 is 6.18 Å². The zero-order valence-electron chi connectivity index (χ0n) is 24.0. The Balaban J connectivity index is 1.26. The maximum atomic E-state index is 13.5. The van der Waals surface area contributed by atoms with E-state index in [2.05, 4.69) is 10.6 Å². The Morgan fingerprint density at radius 2 is 1.68 bits per heavy atom. The van der Waals surface area contributed by atoms with Crippen LogP contribution >= 0.6 is 11.3 Å². The number of rotatable bonds is 11. The van der Waals surface area contributed by atoms with Crippen molar-refractivity contribution in [3.05, 3.63) is 129 Å². The first kappa shape index (κ1) is 31.4. The SMILES string of the molecule is O=C(N[C@@H](Cc1ccccc1)[C@H](O)CNCc1cccc(C(F)(F)F)c1)c1cccc(C(=O)N2CCCC2c2cccs2)c1. The summed E-state index contributed by atoms with van der Waals surface area (Å²) in [6.07, 6.45) is -3.36. The van der Waals surface area contributed by atoms with Crippen LogP contribution in [0.4, 0.5) is 13.2 Å². The van der Waals surface area contributed by atoms with Crippen LogP contribution in [-0.2, 0) is 19.1 Å². The third-order valence-electron chi connectivity index (χ3n) is 7.77. The summed E-state index contributed by atoms with van der Waals surface area (Å²) >= 11 is 1.63. The van der Waals surface area contributed by atoms with Crippen molar-refractivity contribution in [2.24, 2.45) is 0 Å². The standard InChI is InChI=1S/C34H34F3N3O3S/c35-34(36,37)27-13-4-10-24(18-27)21-38-22-30(41)28(19-23-8-2-1-3-9-23)39-32(42)25-11-5-12-26(20-25)33(43)40-16-6-14-29(40)31-15-7-17-44-31/h1-5,7-13,15,17-18,20,28-30,38,41H,6,14,16,19,21-22H2,(H,39,42)/t28-,29?,30+/m0/s1. The van der Waals surface area contributed by atoms with E-state index in [0.29, 0.717) is 29.7 Å². The van der Waals surface area contributed by atoms with Crippen LogP contribution in [0.15, 0.2) is 96.4 Å². The molecule has 230 valence electrons. The average Bonchev–Trinajstić information content (AvgIpc) is 3.73. The second-order valence-corrected chi connectivity index (χ2v) is 11.9. The Labute approximate surface area is 258 Å². The molecule has 5 rings (SSSR count). The summed E-state index contributed by atoms with van der Waals surface area (Å²) < 4.78 is 39.3. The lowest BCUT2D eigenvalue weighted by Crippen LogP contribution is -2.48. The van der Waals surface area contributed by atoms with Crippen molar-refractivity contribution in [1.29, 1.82) is 0 Å². The predicted molar refractivity (Wildman–Crippen MR) is 164 cm³/mol. The minimum Gasteiger partial charge on any atom is -0.390 e. The Morgan fingerprint density at radius 3 is 2.43 bits per heavy atom. The van der Waals surface area contributed by atoms with Crippen molar-refractivity contribution in [2.75, 3.05) is 13.1 Å². The smallest absolute Gasteiger partial charge is 0.390 e. The van der Waals surface area contributed by atoms with Gasteiger partial charge in [0.2, 0.25) is 0 Å². The van der Waals surface area contributed by atoms with E-state index in [4.69, 9.17) is 0 Å². The van der Waals surface area contributed by atoms with E-state index in [-0.39, 0.29) is 25.0 Å². The minimum absolute atomic E-state index is 0.0221. The van der Waals surface area contributed by atoms with Crippen LogP contribution in [0.5, 0.6) is 0 Å². The fourth-order valence-electron chi connectivity index (χ4n) is 5.51. The third-order valence-corrected chi connectivity index (χ3v) is 8.75. The van der Waals surface area contributed by atoms with Crippen molar-refractivity contribution in [3.63, 3.8) is 0 Å². The molecule has 0 saturated carbocycles. The van der Waals surface area contributed by atoms with Crippen LogP contribution in [0, 0.1) is 0 Å². The number of hydrogen-bond donors (Lipinski definition) is 3. The van der Waals surface area contributed by atoms with Crippen LogP contribution in [0.25, 0.3) is 0 Å². The number of nitrogens with one attached hydrogen (secondary N) is 2. The van der Waals surface area contributed by atoms with Gasteiger partial charge in [-0.3, -0.25) is 9.59 Å². The second-order valence-electron chi connectivity index (χ2n) is 10.9. The number of alkyl halides is 3. The highest BCUT2D eigenvalue weighted by atomic mass is 32.1. The van der Waals surface area contributed by atoms with E-state index in [1.165, 1.54) is 6.07 Å². The van der Waals surface area contributed by atoms with Crippen molar-refractivity contribution in [2.45, 2.75) is 50.2 Å². The number of likely N-dealkylation sites (tertiary alicyclic amines) is 1. The van der Waals surface area contributed by atoms with Gasteiger partial charge in [0.25, 0.3) is 11.8 Å². The van der Waals surface area contributed by atoms with Gasteiger partial charge in [0.1, 0.15) is 0 Å². The van der Waals surface area contributed by atoms with Crippen LogP contribution in [0.2, 0.25) is 0 Å². The zero-order valence-corrected chi connectivity index (χ0v) is 24.8. The molecule has 2 heterocycles. The molecule has 2 amide bonds. The van der Waals surface area contributed by atoms with Gasteiger partial charge in [-0.2, -0.15) is 13.2 Å². The zero-order chi connectivity index (χ0) is 31.1. The molecule has 0 radical (unpaired) electrons. The topological polar surface area (TPSA) is 81.7 Å². The number of halogens is 3. The molecule has 3 N–H and O–H groups in total. The normalized spacial score (nSPS) is 16.5. The van der Waals surface area contributed by atoms with E-state index < -0.39 is 29.8 Å². The van der Waals surface area contributed by atoms with Gasteiger partial charge in [0, 0.05) is 35.6 Å². The number of carbonyl (C=O) groups excluding carboxylic acids is 2. The van der Waals surface area contributed by atoms with Gasteiger partial charge in [0.15, 0.2) is 0 Å². The van der Waals surface area contributed by atoms with E-state index in [1.807, 2.05) is 52.7 Å². The Bertz CT molecular complexity index is 1550. The molecule has 1 saturated heterocycles. The molecule has 44 heavy (non-hydrogen) atoms. The van der Waals surface area contributed by atoms with Crippen molar-refractivity contribution < 1.29 is 27.9 Å². The van der Waals surface area contributed by atoms with E-state index in [1.54, 1.807) is 41.7 Å². The largest absolute Gasteiger partial charge is 0.416 e. The maximum absolute atomic E-state index is 13.5. The molecule has 0 spiro atoms. The monoisotopic (exact) mass is 621 g/mol. The summed E-state index contributed by atoms with van der Waals surface area (Å²) in [5.41, 5.74) is 1.30. The van der Waals surface area contributed by atoms with Gasteiger partial charge in [-0.05, 0) is 66.1 Å². The van der Waals surface area contributed by atoms with Crippen LogP contribution in [0.3, 0.4) is 0 Å². The molecule has 4 aromatic rings. The molecule has 1 aliphatic rings. The molecular weight excluding hydrogens is 587 g/mol. The van der Waals surface area contributed by atoms with Crippen molar-refractivity contribution in [1.82, 2.24) is 15.5 Å². The number of hydrogen-bond acceptors (Lipinski definition) is 5. The van der Waals surface area contributed by atoms with Crippen molar-refractivity contribution in [3.8, 4) is 0 Å². The van der Waals surface area contributed by atoms with E-state index in [9.17, 15) is 27.9 Å². The molecule has 10 heteroatoms. The predicted octanol–water partition coefficient (Wildman–Crippen LogP) is 6.24. The van der Waals surface area contributed by atoms with Gasteiger partial charge < -0.3 is 20.6 Å². The number of thiophene rings is 1. The van der Waals surface area contributed by atoms with Gasteiger partial charge in [-0.1, -0.05) is 60.7 Å². The highest BCUT2D eigenvalue weighted by Crippen LogP contribution is 2.35. The molecule has 3 aromatic carbocycles. The summed E-state index contributed by atoms with van der Waals surface area (Å²) in [5, 5.41) is 19.1. The highest BCUT2D eigenvalue weighted by molar-refractivity contribution is 7.10. The maximum Gasteiger partial charge on any atom is 0.416 e. The molecule has 1 aromatic heterocycles. The highest BCUT2D eigenvalue weighted by Gasteiger charge is 2.32. The van der Waals surface area contributed by atoms with E-state index in [0.717, 1.165) is 35.4 Å². The molecule has 6 nitrogen and oxygen atoms in total. The molecule has 1 fully saturated rings. The lowest BCUT2D eigenvalue weighted by atomic mass is 10.00. The molecule has 3 atom stereocenters. The molecule has 1 unspecified atom stereocenters. The quantitative estimate of drug-likeness (QED) is 0.185. The number of benzene rings is 3. The van der Waals surface area contributed by atoms with Crippen LogP contribution in [0.1, 0.15) is 61.2 Å². The Morgan fingerprint density at radius 1 is 0.932 bits per heavy atom. The number of aliphatic hydroxyl groups excluding tert-OH is 1. The summed E-state index contributed by atoms with van der Waals surface area (Å²) in [5.74, 6) is -0.566. The summed E-state index contributed by atoms with van der Waals surface area (Å²) in [7, 11) is 0. The fraction of sp³-hybridized carbons (Fsp3) is 0.294. The first-order valence-electron chi connectivity index (χ1n) is 14.5. The van der Waals surface area contributed by atoms with Gasteiger partial charge in [-0.25, -0.2) is 0 Å². The Kier molecular flexibility index (Phi) is 10.1. The minimum atomic E-state index is -4.44. The van der Waals surface area contributed by atoms with Crippen LogP contribution < -0.4 is 10.6 Å². The molecule has 0 aliphatic carbocycles. The lowest BCUT2D eigenvalue weighted by molar-refractivity contribution is -0.137. The Hall–Kier alpha value is -3.99. The molecular formula is C34H34F3N3O3S.